The van der Waals surface area contributed by atoms with E-state index in [0.717, 1.165) is 36.5 Å². The predicted octanol–water partition coefficient (Wildman–Crippen LogP) is 2.13. The molecule has 2 aromatic rings. The molecule has 2 aliphatic rings. The number of hydrogen-bond donors (Lipinski definition) is 0. The van der Waals surface area contributed by atoms with Crippen LogP contribution >= 0.6 is 0 Å². The molecule has 1 aromatic carbocycles. The number of carbonyl (C=O) groups excluding carboxylic acids is 2. The summed E-state index contributed by atoms with van der Waals surface area (Å²) in [5.74, 6) is 0.952. The summed E-state index contributed by atoms with van der Waals surface area (Å²) in [7, 11) is 3.71. The largest absolute Gasteiger partial charge is 0.465 e. The highest BCUT2D eigenvalue weighted by Gasteiger charge is 2.31. The number of rotatable bonds is 5. The van der Waals surface area contributed by atoms with Crippen molar-refractivity contribution in [3.05, 3.63) is 58.3 Å². The Labute approximate surface area is 188 Å². The van der Waals surface area contributed by atoms with Gasteiger partial charge in [0, 0.05) is 64.8 Å². The molecule has 0 atom stereocenters. The maximum Gasteiger partial charge on any atom is 0.257 e. The van der Waals surface area contributed by atoms with E-state index in [9.17, 15) is 14.0 Å². The molecule has 0 unspecified atom stereocenters. The zero-order valence-corrected chi connectivity index (χ0v) is 19.1. The fourth-order valence-electron chi connectivity index (χ4n) is 4.51. The van der Waals surface area contributed by atoms with Crippen LogP contribution in [0.25, 0.3) is 0 Å². The highest BCUT2D eigenvalue weighted by Crippen LogP contribution is 2.30. The minimum absolute atomic E-state index is 0.0308. The second kappa shape index (κ2) is 9.42. The topological polar surface area (TPSA) is 60.2 Å². The van der Waals surface area contributed by atoms with Gasteiger partial charge < -0.3 is 19.1 Å². The third-order valence-electron chi connectivity index (χ3n) is 6.39. The molecule has 0 radical (unpaired) electrons. The van der Waals surface area contributed by atoms with Crippen molar-refractivity contribution in [2.24, 2.45) is 0 Å². The summed E-state index contributed by atoms with van der Waals surface area (Å²) in [5.41, 5.74) is 2.34. The van der Waals surface area contributed by atoms with E-state index in [4.69, 9.17) is 4.42 Å². The molecule has 0 saturated carbocycles. The molecule has 1 aromatic heterocycles. The van der Waals surface area contributed by atoms with E-state index in [1.807, 2.05) is 18.0 Å². The van der Waals surface area contributed by atoms with Crippen LogP contribution < -0.4 is 0 Å². The van der Waals surface area contributed by atoms with Crippen molar-refractivity contribution in [2.45, 2.75) is 26.4 Å². The third kappa shape index (κ3) is 4.86. The van der Waals surface area contributed by atoms with Gasteiger partial charge in [-0.05, 0) is 31.7 Å². The molecule has 4 rings (SSSR count). The lowest BCUT2D eigenvalue weighted by atomic mass is 10.0. The van der Waals surface area contributed by atoms with Crippen LogP contribution in [0.3, 0.4) is 0 Å². The summed E-state index contributed by atoms with van der Waals surface area (Å²) in [5, 5.41) is 0. The SMILES string of the molecule is Cc1oc2c(c1C(=O)N(C)CC(=O)N1CCN(C)CC1)CN(Cc1cccc(F)c1)CC2. The van der Waals surface area contributed by atoms with Crippen LogP contribution in [0.15, 0.2) is 28.7 Å². The number of hydrogen-bond acceptors (Lipinski definition) is 5. The Bertz CT molecular complexity index is 997. The van der Waals surface area contributed by atoms with Gasteiger partial charge in [0.2, 0.25) is 5.91 Å². The monoisotopic (exact) mass is 442 g/mol. The minimum atomic E-state index is -0.248. The summed E-state index contributed by atoms with van der Waals surface area (Å²) >= 11 is 0. The Morgan fingerprint density at radius 1 is 1.16 bits per heavy atom. The Morgan fingerprint density at radius 3 is 2.62 bits per heavy atom. The highest BCUT2D eigenvalue weighted by atomic mass is 19.1. The molecular weight excluding hydrogens is 411 g/mol. The molecule has 2 amide bonds. The molecule has 172 valence electrons. The Hall–Kier alpha value is -2.71. The second-order valence-electron chi connectivity index (χ2n) is 8.87. The lowest BCUT2D eigenvalue weighted by molar-refractivity contribution is -0.133. The number of amides is 2. The molecule has 0 aliphatic carbocycles. The quantitative estimate of drug-likeness (QED) is 0.710. The van der Waals surface area contributed by atoms with E-state index in [0.29, 0.717) is 43.9 Å². The van der Waals surface area contributed by atoms with E-state index in [-0.39, 0.29) is 24.2 Å². The van der Waals surface area contributed by atoms with Crippen molar-refractivity contribution in [2.75, 3.05) is 53.4 Å². The van der Waals surface area contributed by atoms with Gasteiger partial charge in [-0.2, -0.15) is 0 Å². The Kier molecular flexibility index (Phi) is 6.62. The standard InChI is InChI=1S/C24H31FN4O3/c1-17-23(24(31)27(3)16-22(30)29-11-9-26(2)10-12-29)20-15-28(8-7-21(20)32-17)14-18-5-4-6-19(25)13-18/h4-6,13H,7-12,14-16H2,1-3H3. The number of piperazine rings is 1. The van der Waals surface area contributed by atoms with Crippen LogP contribution in [0.2, 0.25) is 0 Å². The maximum absolute atomic E-state index is 13.6. The average molecular weight is 443 g/mol. The molecule has 7 nitrogen and oxygen atoms in total. The van der Waals surface area contributed by atoms with Gasteiger partial charge in [-0.15, -0.1) is 0 Å². The van der Waals surface area contributed by atoms with Gasteiger partial charge in [0.1, 0.15) is 17.3 Å². The summed E-state index contributed by atoms with van der Waals surface area (Å²) in [6.07, 6.45) is 0.697. The fourth-order valence-corrected chi connectivity index (χ4v) is 4.51. The van der Waals surface area contributed by atoms with Gasteiger partial charge >= 0.3 is 0 Å². The van der Waals surface area contributed by atoms with Gasteiger partial charge in [0.25, 0.3) is 5.91 Å². The summed E-state index contributed by atoms with van der Waals surface area (Å²) < 4.78 is 19.5. The second-order valence-corrected chi connectivity index (χ2v) is 8.87. The zero-order chi connectivity index (χ0) is 22.8. The van der Waals surface area contributed by atoms with Gasteiger partial charge in [-0.1, -0.05) is 12.1 Å². The molecule has 2 aliphatic heterocycles. The van der Waals surface area contributed by atoms with Crippen LogP contribution in [0.4, 0.5) is 4.39 Å². The van der Waals surface area contributed by atoms with Crippen LogP contribution in [0.1, 0.15) is 33.0 Å². The molecular formula is C24H31FN4O3. The van der Waals surface area contributed by atoms with Crippen LogP contribution in [0.5, 0.6) is 0 Å². The van der Waals surface area contributed by atoms with E-state index >= 15 is 0 Å². The number of halogens is 1. The van der Waals surface area contributed by atoms with Gasteiger partial charge in [0.15, 0.2) is 0 Å². The lowest BCUT2D eigenvalue weighted by Gasteiger charge is -2.33. The summed E-state index contributed by atoms with van der Waals surface area (Å²) in [4.78, 5) is 33.7. The minimum Gasteiger partial charge on any atom is -0.465 e. The third-order valence-corrected chi connectivity index (χ3v) is 6.39. The highest BCUT2D eigenvalue weighted by molar-refractivity contribution is 5.98. The average Bonchev–Trinajstić information content (AvgIpc) is 3.08. The first-order valence-electron chi connectivity index (χ1n) is 11.1. The number of aryl methyl sites for hydroxylation is 1. The number of benzene rings is 1. The lowest BCUT2D eigenvalue weighted by Crippen LogP contribution is -2.50. The number of fused-ring (bicyclic) bond motifs is 1. The smallest absolute Gasteiger partial charge is 0.257 e. The Balaban J connectivity index is 1.44. The number of nitrogens with zero attached hydrogens (tertiary/aromatic N) is 4. The van der Waals surface area contributed by atoms with Crippen LogP contribution in [-0.2, 0) is 24.3 Å². The van der Waals surface area contributed by atoms with E-state index in [1.54, 1.807) is 26.1 Å². The summed E-state index contributed by atoms with van der Waals surface area (Å²) in [6, 6.07) is 6.60. The van der Waals surface area contributed by atoms with E-state index in [2.05, 4.69) is 9.80 Å². The number of carbonyl (C=O) groups is 2. The molecule has 8 heteroatoms. The van der Waals surface area contributed by atoms with Crippen molar-refractivity contribution in [1.29, 1.82) is 0 Å². The fraction of sp³-hybridized carbons (Fsp3) is 0.500. The number of furan rings is 1. The molecule has 0 bridgehead atoms. The van der Waals surface area contributed by atoms with Crippen molar-refractivity contribution in [3.63, 3.8) is 0 Å². The van der Waals surface area contributed by atoms with Crippen molar-refractivity contribution in [3.8, 4) is 0 Å². The first-order chi connectivity index (χ1) is 15.3. The molecule has 1 fully saturated rings. The molecule has 0 spiro atoms. The number of likely N-dealkylation sites (N-methyl/N-ethyl adjacent to an activating group) is 2. The van der Waals surface area contributed by atoms with Gasteiger partial charge in [-0.25, -0.2) is 4.39 Å². The molecule has 32 heavy (non-hydrogen) atoms. The van der Waals surface area contributed by atoms with Gasteiger partial charge in [-0.3, -0.25) is 14.5 Å². The van der Waals surface area contributed by atoms with Crippen LogP contribution in [0, 0.1) is 12.7 Å². The summed E-state index contributed by atoms with van der Waals surface area (Å²) in [6.45, 7) is 6.86. The normalized spacial score (nSPS) is 17.3. The molecule has 3 heterocycles. The molecule has 1 saturated heterocycles. The zero-order valence-electron chi connectivity index (χ0n) is 19.1. The maximum atomic E-state index is 13.6. The predicted molar refractivity (Wildman–Crippen MR) is 119 cm³/mol. The van der Waals surface area contributed by atoms with Crippen molar-refractivity contribution >= 4 is 11.8 Å². The van der Waals surface area contributed by atoms with Gasteiger partial charge in [0.05, 0.1) is 12.1 Å². The van der Waals surface area contributed by atoms with Crippen molar-refractivity contribution in [1.82, 2.24) is 19.6 Å². The van der Waals surface area contributed by atoms with E-state index in [1.165, 1.54) is 11.0 Å². The first-order valence-corrected chi connectivity index (χ1v) is 11.1. The van der Waals surface area contributed by atoms with Crippen LogP contribution in [-0.4, -0.2) is 84.8 Å². The van der Waals surface area contributed by atoms with E-state index < -0.39 is 0 Å². The Morgan fingerprint density at radius 2 is 1.91 bits per heavy atom. The van der Waals surface area contributed by atoms with Crippen molar-refractivity contribution < 1.29 is 18.4 Å². The first kappa shape index (κ1) is 22.5. The molecule has 0 N–H and O–H groups in total.